The van der Waals surface area contributed by atoms with Crippen LogP contribution in [0, 0.1) is 0 Å². The highest BCUT2D eigenvalue weighted by Gasteiger charge is 2.18. The van der Waals surface area contributed by atoms with E-state index in [1.54, 1.807) is 4.57 Å². The fraction of sp³-hybridized carbons (Fsp3) is 0.316. The van der Waals surface area contributed by atoms with Gasteiger partial charge in [-0.3, -0.25) is 9.13 Å². The summed E-state index contributed by atoms with van der Waals surface area (Å²) in [4.78, 5) is 13.0. The SMILES string of the molecule is CC(c1ccccc1)n1c(=O)n(CCOCCO)c2ccccc21. The maximum atomic E-state index is 13.0. The fourth-order valence-electron chi connectivity index (χ4n) is 3.03. The van der Waals surface area contributed by atoms with Gasteiger partial charge < -0.3 is 9.84 Å². The molecule has 0 aliphatic rings. The zero-order valence-corrected chi connectivity index (χ0v) is 13.8. The van der Waals surface area contributed by atoms with Gasteiger partial charge in [-0.25, -0.2) is 4.79 Å². The third-order valence-corrected chi connectivity index (χ3v) is 4.23. The second kappa shape index (κ2) is 7.47. The van der Waals surface area contributed by atoms with Gasteiger partial charge in [-0.1, -0.05) is 42.5 Å². The van der Waals surface area contributed by atoms with Crippen molar-refractivity contribution in [1.29, 1.82) is 0 Å². The van der Waals surface area contributed by atoms with Crippen molar-refractivity contribution in [2.75, 3.05) is 19.8 Å². The van der Waals surface area contributed by atoms with Crippen LogP contribution >= 0.6 is 0 Å². The van der Waals surface area contributed by atoms with Crippen LogP contribution in [-0.2, 0) is 11.3 Å². The van der Waals surface area contributed by atoms with E-state index in [0.29, 0.717) is 13.2 Å². The Hall–Kier alpha value is -2.37. The van der Waals surface area contributed by atoms with Gasteiger partial charge in [0.25, 0.3) is 0 Å². The average molecular weight is 326 g/mol. The van der Waals surface area contributed by atoms with E-state index < -0.39 is 0 Å². The number of aliphatic hydroxyl groups excluding tert-OH is 1. The monoisotopic (exact) mass is 326 g/mol. The smallest absolute Gasteiger partial charge is 0.329 e. The minimum Gasteiger partial charge on any atom is -0.394 e. The number of rotatable bonds is 7. The first kappa shape index (κ1) is 16.5. The number of nitrogens with zero attached hydrogens (tertiary/aromatic N) is 2. The summed E-state index contributed by atoms with van der Waals surface area (Å²) in [5, 5.41) is 8.80. The largest absolute Gasteiger partial charge is 0.394 e. The topological polar surface area (TPSA) is 56.4 Å². The molecule has 126 valence electrons. The zero-order chi connectivity index (χ0) is 16.9. The quantitative estimate of drug-likeness (QED) is 0.679. The normalized spacial score (nSPS) is 12.6. The number of benzene rings is 2. The van der Waals surface area contributed by atoms with E-state index in [0.717, 1.165) is 16.6 Å². The Labute approximate surface area is 140 Å². The van der Waals surface area contributed by atoms with Crippen molar-refractivity contribution in [3.8, 4) is 0 Å². The number of fused-ring (bicyclic) bond motifs is 1. The highest BCUT2D eigenvalue weighted by atomic mass is 16.5. The summed E-state index contributed by atoms with van der Waals surface area (Å²) < 4.78 is 8.90. The Balaban J connectivity index is 2.02. The predicted octanol–water partition coefficient (Wildman–Crippen LogP) is 2.42. The van der Waals surface area contributed by atoms with E-state index in [4.69, 9.17) is 9.84 Å². The molecule has 0 aliphatic carbocycles. The van der Waals surface area contributed by atoms with Crippen LogP contribution in [0.4, 0.5) is 0 Å². The molecule has 0 saturated heterocycles. The molecule has 0 spiro atoms. The van der Waals surface area contributed by atoms with Crippen LogP contribution in [-0.4, -0.2) is 34.1 Å². The Morgan fingerprint density at radius 3 is 2.38 bits per heavy atom. The van der Waals surface area contributed by atoms with Crippen LogP contribution in [0.3, 0.4) is 0 Å². The molecule has 0 saturated carbocycles. The minimum absolute atomic E-state index is 0.0122. The zero-order valence-electron chi connectivity index (χ0n) is 13.8. The van der Waals surface area contributed by atoms with Crippen LogP contribution in [0.2, 0.25) is 0 Å². The van der Waals surface area contributed by atoms with Crippen LogP contribution in [0.25, 0.3) is 11.0 Å². The molecule has 5 nitrogen and oxygen atoms in total. The lowest BCUT2D eigenvalue weighted by molar-refractivity contribution is 0.0869. The molecular weight excluding hydrogens is 304 g/mol. The minimum atomic E-state index is -0.0526. The van der Waals surface area contributed by atoms with Gasteiger partial charge in [-0.15, -0.1) is 0 Å². The van der Waals surface area contributed by atoms with Crippen LogP contribution in [0.1, 0.15) is 18.5 Å². The Morgan fingerprint density at radius 1 is 1.00 bits per heavy atom. The Morgan fingerprint density at radius 2 is 1.67 bits per heavy atom. The average Bonchev–Trinajstić information content (AvgIpc) is 2.90. The van der Waals surface area contributed by atoms with E-state index in [9.17, 15) is 4.79 Å². The van der Waals surface area contributed by atoms with E-state index in [1.165, 1.54) is 0 Å². The lowest BCUT2D eigenvalue weighted by atomic mass is 10.1. The molecule has 3 rings (SSSR count). The number of hydrogen-bond acceptors (Lipinski definition) is 3. The summed E-state index contributed by atoms with van der Waals surface area (Å²) in [7, 11) is 0. The highest BCUT2D eigenvalue weighted by Crippen LogP contribution is 2.22. The first-order valence-corrected chi connectivity index (χ1v) is 8.17. The molecule has 0 aliphatic heterocycles. The molecule has 1 heterocycles. The number of imidazole rings is 1. The Bertz CT molecular complexity index is 852. The van der Waals surface area contributed by atoms with Gasteiger partial charge in [0.1, 0.15) is 0 Å². The standard InChI is InChI=1S/C19H22N2O3/c1-15(16-7-3-2-4-8-16)21-18-10-6-5-9-17(18)20(19(21)23)11-13-24-14-12-22/h2-10,15,22H,11-14H2,1H3. The fourth-order valence-corrected chi connectivity index (χ4v) is 3.03. The lowest BCUT2D eigenvalue weighted by Crippen LogP contribution is -2.28. The van der Waals surface area contributed by atoms with Crippen molar-refractivity contribution in [2.24, 2.45) is 0 Å². The van der Waals surface area contributed by atoms with E-state index in [-0.39, 0.29) is 24.9 Å². The van der Waals surface area contributed by atoms with Gasteiger partial charge in [0, 0.05) is 0 Å². The molecule has 0 bridgehead atoms. The molecule has 1 N–H and O–H groups in total. The number of hydrogen-bond donors (Lipinski definition) is 1. The van der Waals surface area contributed by atoms with Crippen molar-refractivity contribution in [1.82, 2.24) is 9.13 Å². The molecule has 0 radical (unpaired) electrons. The number of aromatic nitrogens is 2. The second-order valence-corrected chi connectivity index (χ2v) is 5.72. The number of ether oxygens (including phenoxy) is 1. The summed E-state index contributed by atoms with van der Waals surface area (Å²) in [6.45, 7) is 3.17. The van der Waals surface area contributed by atoms with Gasteiger partial charge in [0.2, 0.25) is 0 Å². The summed E-state index contributed by atoms with van der Waals surface area (Å²) >= 11 is 0. The molecule has 3 aromatic rings. The van der Waals surface area contributed by atoms with Crippen LogP contribution in [0.15, 0.2) is 59.4 Å². The maximum Gasteiger partial charge on any atom is 0.329 e. The van der Waals surface area contributed by atoms with Crippen molar-refractivity contribution in [3.05, 3.63) is 70.6 Å². The van der Waals surface area contributed by atoms with Gasteiger partial charge in [0.05, 0.1) is 43.4 Å². The third-order valence-electron chi connectivity index (χ3n) is 4.23. The van der Waals surface area contributed by atoms with Gasteiger partial charge in [-0.2, -0.15) is 0 Å². The summed E-state index contributed by atoms with van der Waals surface area (Å²) in [5.74, 6) is 0. The summed E-state index contributed by atoms with van der Waals surface area (Å²) in [5.41, 5.74) is 2.87. The van der Waals surface area contributed by atoms with Crippen molar-refractivity contribution in [3.63, 3.8) is 0 Å². The third kappa shape index (κ3) is 3.13. The molecule has 0 fully saturated rings. The van der Waals surface area contributed by atoms with E-state index in [2.05, 4.69) is 0 Å². The maximum absolute atomic E-state index is 13.0. The molecule has 1 unspecified atom stereocenters. The molecule has 24 heavy (non-hydrogen) atoms. The highest BCUT2D eigenvalue weighted by molar-refractivity contribution is 5.76. The molecular formula is C19H22N2O3. The molecule has 5 heteroatoms. The van der Waals surface area contributed by atoms with Crippen molar-refractivity contribution < 1.29 is 9.84 Å². The molecule has 1 atom stereocenters. The summed E-state index contributed by atoms with van der Waals surface area (Å²) in [6, 6.07) is 17.8. The van der Waals surface area contributed by atoms with Crippen molar-refractivity contribution in [2.45, 2.75) is 19.5 Å². The molecule has 1 aromatic heterocycles. The van der Waals surface area contributed by atoms with Crippen molar-refractivity contribution >= 4 is 11.0 Å². The second-order valence-electron chi connectivity index (χ2n) is 5.72. The summed E-state index contributed by atoms with van der Waals surface area (Å²) in [6.07, 6.45) is 0. The van der Waals surface area contributed by atoms with Gasteiger partial charge in [0.15, 0.2) is 0 Å². The van der Waals surface area contributed by atoms with E-state index >= 15 is 0 Å². The van der Waals surface area contributed by atoms with Crippen LogP contribution < -0.4 is 5.69 Å². The first-order valence-electron chi connectivity index (χ1n) is 8.17. The lowest BCUT2D eigenvalue weighted by Gasteiger charge is -2.14. The van der Waals surface area contributed by atoms with Gasteiger partial charge in [-0.05, 0) is 24.6 Å². The number of aliphatic hydroxyl groups is 1. The molecule has 0 amide bonds. The number of para-hydroxylation sites is 2. The molecule has 2 aromatic carbocycles. The Kier molecular flexibility index (Phi) is 5.13. The predicted molar refractivity (Wildman–Crippen MR) is 94.4 cm³/mol. The van der Waals surface area contributed by atoms with Gasteiger partial charge >= 0.3 is 5.69 Å². The first-order chi connectivity index (χ1) is 11.7. The van der Waals surface area contributed by atoms with Crippen LogP contribution in [0.5, 0.6) is 0 Å². The van der Waals surface area contributed by atoms with E-state index in [1.807, 2.05) is 66.1 Å².